The fraction of sp³-hybridized carbons (Fsp3) is 0.231. The second kappa shape index (κ2) is 9.06. The molecule has 0 saturated carbocycles. The summed E-state index contributed by atoms with van der Waals surface area (Å²) in [4.78, 5) is 20.4. The Kier molecular flexibility index (Phi) is 6.05. The molecule has 0 N–H and O–H groups in total. The van der Waals surface area contributed by atoms with Crippen molar-refractivity contribution >= 4 is 12.2 Å². The van der Waals surface area contributed by atoms with Crippen LogP contribution < -0.4 is 0 Å². The lowest BCUT2D eigenvalue weighted by molar-refractivity contribution is -0.146. The zero-order chi connectivity index (χ0) is 20.8. The quantitative estimate of drug-likeness (QED) is 0.459. The van der Waals surface area contributed by atoms with Gasteiger partial charge < -0.3 is 4.74 Å². The summed E-state index contributed by atoms with van der Waals surface area (Å²) in [5, 5.41) is 0. The molecule has 0 spiro atoms. The minimum Gasteiger partial charge on any atom is -0.467 e. The Labute approximate surface area is 177 Å². The van der Waals surface area contributed by atoms with Crippen LogP contribution in [0, 0.1) is 0 Å². The molecule has 0 bridgehead atoms. The van der Waals surface area contributed by atoms with Gasteiger partial charge in [0.25, 0.3) is 0 Å². The number of rotatable bonds is 6. The van der Waals surface area contributed by atoms with Crippen LogP contribution in [-0.2, 0) is 16.1 Å². The van der Waals surface area contributed by atoms with E-state index in [0.29, 0.717) is 6.54 Å². The summed E-state index contributed by atoms with van der Waals surface area (Å²) in [6, 6.07) is 30.4. The van der Waals surface area contributed by atoms with Gasteiger partial charge in [-0.2, -0.15) is 0 Å². The molecule has 0 radical (unpaired) electrons. The maximum Gasteiger partial charge on any atom is 0.335 e. The first-order valence-electron chi connectivity index (χ1n) is 10.2. The van der Waals surface area contributed by atoms with Gasteiger partial charge in [0.2, 0.25) is 0 Å². The number of esters is 1. The minimum atomic E-state index is -0.985. The Bertz CT molecular complexity index is 989. The van der Waals surface area contributed by atoms with Crippen LogP contribution in [0.4, 0.5) is 0 Å². The molecule has 30 heavy (non-hydrogen) atoms. The molecular weight excluding hydrogens is 372 g/mol. The summed E-state index contributed by atoms with van der Waals surface area (Å²) in [5.74, 6) is -0.381. The number of nitrogens with zero attached hydrogens (tertiary/aromatic N) is 2. The monoisotopic (exact) mass is 398 g/mol. The van der Waals surface area contributed by atoms with Crippen molar-refractivity contribution in [2.24, 2.45) is 4.99 Å². The number of ether oxygens (including phenoxy) is 1. The van der Waals surface area contributed by atoms with E-state index >= 15 is 0 Å². The van der Waals surface area contributed by atoms with E-state index < -0.39 is 5.54 Å². The number of methoxy groups -OCH3 is 1. The number of carbonyl (C=O) groups excluding carboxylic acids is 1. The van der Waals surface area contributed by atoms with Crippen molar-refractivity contribution in [2.45, 2.75) is 18.0 Å². The lowest BCUT2D eigenvalue weighted by atomic mass is 9.82. The highest BCUT2D eigenvalue weighted by atomic mass is 16.5. The van der Waals surface area contributed by atoms with Gasteiger partial charge in [0.15, 0.2) is 5.54 Å². The highest BCUT2D eigenvalue weighted by molar-refractivity contribution is 5.88. The summed E-state index contributed by atoms with van der Waals surface area (Å²) >= 11 is 0. The van der Waals surface area contributed by atoms with Crippen molar-refractivity contribution in [1.82, 2.24) is 4.90 Å². The Morgan fingerprint density at radius 1 is 1.00 bits per heavy atom. The van der Waals surface area contributed by atoms with E-state index in [9.17, 15) is 4.79 Å². The van der Waals surface area contributed by atoms with Crippen LogP contribution in [0.1, 0.15) is 22.6 Å². The molecule has 1 aliphatic rings. The number of aliphatic imine (C=N–C) groups is 1. The van der Waals surface area contributed by atoms with Gasteiger partial charge >= 0.3 is 5.97 Å². The van der Waals surface area contributed by atoms with E-state index in [1.165, 1.54) is 12.7 Å². The molecule has 1 saturated heterocycles. The Morgan fingerprint density at radius 3 is 2.23 bits per heavy atom. The van der Waals surface area contributed by atoms with Crippen molar-refractivity contribution in [3.8, 4) is 0 Å². The van der Waals surface area contributed by atoms with Gasteiger partial charge in [0.05, 0.1) is 7.11 Å². The zero-order valence-corrected chi connectivity index (χ0v) is 17.1. The van der Waals surface area contributed by atoms with Crippen molar-refractivity contribution in [3.05, 3.63) is 108 Å². The van der Waals surface area contributed by atoms with Gasteiger partial charge in [0.1, 0.15) is 0 Å². The second-order valence-electron chi connectivity index (χ2n) is 7.70. The lowest BCUT2D eigenvalue weighted by Crippen LogP contribution is -2.44. The van der Waals surface area contributed by atoms with Gasteiger partial charge in [0, 0.05) is 31.8 Å². The van der Waals surface area contributed by atoms with Crippen LogP contribution in [0.2, 0.25) is 0 Å². The minimum absolute atomic E-state index is 0.0881. The standard InChI is InChI=1S/C26H26N2O2/c1-30-25(29)26(27-17-21-11-5-2-6-12-21)20-28(18-22-13-7-3-8-14-22)19-24(26)23-15-9-4-10-16-23/h2-17,24H,18-20H2,1H3. The van der Waals surface area contributed by atoms with E-state index in [4.69, 9.17) is 9.73 Å². The average Bonchev–Trinajstić information content (AvgIpc) is 3.18. The molecule has 2 unspecified atom stereocenters. The van der Waals surface area contributed by atoms with E-state index in [1.807, 2.05) is 66.7 Å². The topological polar surface area (TPSA) is 41.9 Å². The number of benzene rings is 3. The van der Waals surface area contributed by atoms with E-state index in [0.717, 1.165) is 24.2 Å². The molecular formula is C26H26N2O2. The van der Waals surface area contributed by atoms with E-state index in [2.05, 4.69) is 29.2 Å². The van der Waals surface area contributed by atoms with E-state index in [1.54, 1.807) is 6.21 Å². The number of hydrogen-bond acceptors (Lipinski definition) is 4. The van der Waals surface area contributed by atoms with Gasteiger partial charge in [-0.05, 0) is 16.7 Å². The van der Waals surface area contributed by atoms with Crippen LogP contribution >= 0.6 is 0 Å². The zero-order valence-electron chi connectivity index (χ0n) is 17.1. The Balaban J connectivity index is 1.73. The van der Waals surface area contributed by atoms with Crippen molar-refractivity contribution in [2.75, 3.05) is 20.2 Å². The summed E-state index contributed by atoms with van der Waals surface area (Å²) < 4.78 is 5.30. The van der Waals surface area contributed by atoms with Crippen LogP contribution in [-0.4, -0.2) is 42.8 Å². The first kappa shape index (κ1) is 20.0. The van der Waals surface area contributed by atoms with Crippen LogP contribution in [0.25, 0.3) is 0 Å². The first-order chi connectivity index (χ1) is 14.7. The highest BCUT2D eigenvalue weighted by Gasteiger charge is 2.53. The molecule has 4 nitrogen and oxygen atoms in total. The SMILES string of the molecule is COC(=O)C1(N=Cc2ccccc2)CN(Cc2ccccc2)CC1c1ccccc1. The third-order valence-corrected chi connectivity index (χ3v) is 5.72. The summed E-state index contributed by atoms with van der Waals surface area (Å²) in [7, 11) is 1.45. The molecule has 3 aromatic rings. The molecule has 4 heteroatoms. The molecule has 1 aliphatic heterocycles. The van der Waals surface area contributed by atoms with Gasteiger partial charge in [-0.25, -0.2) is 4.79 Å². The van der Waals surface area contributed by atoms with Gasteiger partial charge in [-0.1, -0.05) is 91.0 Å². The molecule has 1 heterocycles. The smallest absolute Gasteiger partial charge is 0.335 e. The van der Waals surface area contributed by atoms with Crippen molar-refractivity contribution in [1.29, 1.82) is 0 Å². The predicted molar refractivity (Wildman–Crippen MR) is 120 cm³/mol. The summed E-state index contributed by atoms with van der Waals surface area (Å²) in [5.41, 5.74) is 2.30. The van der Waals surface area contributed by atoms with Crippen LogP contribution in [0.3, 0.4) is 0 Å². The number of likely N-dealkylation sites (tertiary alicyclic amines) is 1. The third-order valence-electron chi connectivity index (χ3n) is 5.72. The molecule has 0 aromatic heterocycles. The molecule has 152 valence electrons. The van der Waals surface area contributed by atoms with Crippen molar-refractivity contribution < 1.29 is 9.53 Å². The van der Waals surface area contributed by atoms with Crippen molar-refractivity contribution in [3.63, 3.8) is 0 Å². The second-order valence-corrected chi connectivity index (χ2v) is 7.70. The molecule has 2 atom stereocenters. The molecule has 1 fully saturated rings. The lowest BCUT2D eigenvalue weighted by Gasteiger charge is -2.28. The number of carbonyl (C=O) groups is 1. The molecule has 0 amide bonds. The third kappa shape index (κ3) is 4.19. The molecule has 0 aliphatic carbocycles. The largest absolute Gasteiger partial charge is 0.467 e. The van der Waals surface area contributed by atoms with Crippen LogP contribution in [0.5, 0.6) is 0 Å². The summed E-state index contributed by atoms with van der Waals surface area (Å²) in [6.07, 6.45) is 1.80. The van der Waals surface area contributed by atoms with Crippen LogP contribution in [0.15, 0.2) is 96.0 Å². The fourth-order valence-electron chi connectivity index (χ4n) is 4.25. The normalized spacial score (nSPS) is 21.7. The maximum absolute atomic E-state index is 13.2. The fourth-order valence-corrected chi connectivity index (χ4v) is 4.25. The highest BCUT2D eigenvalue weighted by Crippen LogP contribution is 2.40. The van der Waals surface area contributed by atoms with E-state index in [-0.39, 0.29) is 11.9 Å². The average molecular weight is 399 g/mol. The summed E-state index contributed by atoms with van der Waals surface area (Å²) in [6.45, 7) is 2.02. The first-order valence-corrected chi connectivity index (χ1v) is 10.2. The van der Waals surface area contributed by atoms with Gasteiger partial charge in [-0.3, -0.25) is 9.89 Å². The molecule has 4 rings (SSSR count). The molecule has 3 aromatic carbocycles. The maximum atomic E-state index is 13.2. The van der Waals surface area contributed by atoms with Gasteiger partial charge in [-0.15, -0.1) is 0 Å². The number of hydrogen-bond donors (Lipinski definition) is 0. The predicted octanol–water partition coefficient (Wildman–Crippen LogP) is 4.32. The Hall–Kier alpha value is -3.24. The Morgan fingerprint density at radius 2 is 1.60 bits per heavy atom.